The Balaban J connectivity index is 1.58. The number of hydrogen-bond donors (Lipinski definition) is 1. The molecular formula is C22H20FN7O. The average molecular weight is 417 g/mol. The predicted molar refractivity (Wildman–Crippen MR) is 113 cm³/mol. The number of fused-ring (bicyclic) bond motifs is 1. The van der Waals surface area contributed by atoms with Crippen LogP contribution >= 0.6 is 0 Å². The Kier molecular flexibility index (Phi) is 4.99. The maximum absolute atomic E-state index is 13.5. The summed E-state index contributed by atoms with van der Waals surface area (Å²) < 4.78 is 21.5. The molecule has 0 saturated carbocycles. The van der Waals surface area contributed by atoms with Gasteiger partial charge in [-0.05, 0) is 42.8 Å². The summed E-state index contributed by atoms with van der Waals surface area (Å²) in [6.07, 6.45) is 6.70. The number of nitrogens with one attached hydrogen (secondary N) is 1. The van der Waals surface area contributed by atoms with Crippen LogP contribution in [0.15, 0.2) is 55.0 Å². The molecule has 31 heavy (non-hydrogen) atoms. The second-order valence-corrected chi connectivity index (χ2v) is 7.15. The normalized spacial score (nSPS) is 15.0. The molecule has 0 spiro atoms. The molecule has 3 aromatic heterocycles. The quantitative estimate of drug-likeness (QED) is 0.513. The van der Waals surface area contributed by atoms with Crippen LogP contribution in [0, 0.1) is 5.82 Å². The van der Waals surface area contributed by atoms with Gasteiger partial charge in [-0.3, -0.25) is 0 Å². The zero-order valence-electron chi connectivity index (χ0n) is 16.9. The topological polar surface area (TPSA) is 90.6 Å². The Labute approximate surface area is 178 Å². The molecule has 0 fully saturated rings. The maximum Gasteiger partial charge on any atom is 0.316 e. The molecule has 0 unspecified atom stereocenters. The summed E-state index contributed by atoms with van der Waals surface area (Å²) in [6.45, 7) is 0.410. The third kappa shape index (κ3) is 3.70. The van der Waals surface area contributed by atoms with Gasteiger partial charge in [0, 0.05) is 37.6 Å². The van der Waals surface area contributed by atoms with Crippen molar-refractivity contribution >= 4 is 5.95 Å². The molecule has 1 atom stereocenters. The standard InChI is InChI=1S/C22H20FN7O/c1-24-21-25-12-9-17(28-21)20-19(14-3-5-15(23)6-4-14)29-18-8-7-16(30(18)20)13-31-22-26-10-2-11-27-22/h2-6,9-12,16H,7-8,13H2,1H3,(H,24,25,28)/t16-/m0/s1. The van der Waals surface area contributed by atoms with Crippen LogP contribution in [0.1, 0.15) is 18.3 Å². The SMILES string of the molecule is CNc1nccc(-c2c(-c3ccc(F)cc3)nc3n2[C@H](COc2ncccn2)CC3)n1. The van der Waals surface area contributed by atoms with E-state index in [1.807, 2.05) is 6.07 Å². The summed E-state index contributed by atoms with van der Waals surface area (Å²) in [5.41, 5.74) is 3.19. The van der Waals surface area contributed by atoms with E-state index in [1.165, 1.54) is 12.1 Å². The lowest BCUT2D eigenvalue weighted by Crippen LogP contribution is -2.16. The zero-order valence-corrected chi connectivity index (χ0v) is 16.9. The van der Waals surface area contributed by atoms with Crippen molar-refractivity contribution in [1.82, 2.24) is 29.5 Å². The van der Waals surface area contributed by atoms with Gasteiger partial charge in [0.25, 0.3) is 0 Å². The van der Waals surface area contributed by atoms with E-state index in [0.717, 1.165) is 41.3 Å². The molecule has 0 amide bonds. The molecule has 1 N–H and O–H groups in total. The van der Waals surface area contributed by atoms with Gasteiger partial charge in [0.15, 0.2) is 0 Å². The first-order valence-electron chi connectivity index (χ1n) is 10.0. The van der Waals surface area contributed by atoms with Crippen molar-refractivity contribution in [2.45, 2.75) is 18.9 Å². The summed E-state index contributed by atoms with van der Waals surface area (Å²) in [4.78, 5) is 22.0. The molecule has 0 saturated heterocycles. The van der Waals surface area contributed by atoms with Crippen LogP contribution in [-0.2, 0) is 6.42 Å². The Morgan fingerprint density at radius 1 is 1.06 bits per heavy atom. The van der Waals surface area contributed by atoms with Crippen molar-refractivity contribution in [3.05, 3.63) is 66.6 Å². The van der Waals surface area contributed by atoms with E-state index in [9.17, 15) is 4.39 Å². The number of aromatic nitrogens is 6. The van der Waals surface area contributed by atoms with Crippen molar-refractivity contribution in [3.63, 3.8) is 0 Å². The van der Waals surface area contributed by atoms with Crippen LogP contribution in [0.2, 0.25) is 0 Å². The minimum atomic E-state index is -0.286. The molecule has 9 heteroatoms. The fraction of sp³-hybridized carbons (Fsp3) is 0.227. The Bertz CT molecular complexity index is 1190. The second kappa shape index (κ2) is 8.10. The van der Waals surface area contributed by atoms with Gasteiger partial charge >= 0.3 is 6.01 Å². The van der Waals surface area contributed by atoms with Crippen molar-refractivity contribution in [3.8, 4) is 28.7 Å². The van der Waals surface area contributed by atoms with Crippen molar-refractivity contribution in [2.24, 2.45) is 0 Å². The second-order valence-electron chi connectivity index (χ2n) is 7.15. The molecule has 4 heterocycles. The molecule has 0 aliphatic carbocycles. The number of imidazole rings is 1. The van der Waals surface area contributed by atoms with E-state index in [4.69, 9.17) is 9.72 Å². The lowest BCUT2D eigenvalue weighted by Gasteiger charge is -2.17. The fourth-order valence-corrected chi connectivity index (χ4v) is 3.83. The maximum atomic E-state index is 13.5. The number of aryl methyl sites for hydroxylation is 1. The molecular weight excluding hydrogens is 397 g/mol. The van der Waals surface area contributed by atoms with Gasteiger partial charge in [-0.25, -0.2) is 29.3 Å². The average Bonchev–Trinajstić information content (AvgIpc) is 3.38. The molecule has 156 valence electrons. The van der Waals surface area contributed by atoms with E-state index in [1.54, 1.807) is 43.8 Å². The minimum Gasteiger partial charge on any atom is -0.461 e. The van der Waals surface area contributed by atoms with Crippen LogP contribution in [0.4, 0.5) is 10.3 Å². The smallest absolute Gasteiger partial charge is 0.316 e. The first-order chi connectivity index (χ1) is 15.2. The van der Waals surface area contributed by atoms with Crippen molar-refractivity contribution in [2.75, 3.05) is 19.0 Å². The highest BCUT2D eigenvalue weighted by Gasteiger charge is 2.31. The number of anilines is 1. The van der Waals surface area contributed by atoms with Gasteiger partial charge < -0.3 is 14.6 Å². The highest BCUT2D eigenvalue weighted by molar-refractivity contribution is 5.78. The molecule has 4 aromatic rings. The first-order valence-corrected chi connectivity index (χ1v) is 10.0. The van der Waals surface area contributed by atoms with E-state index in [-0.39, 0.29) is 11.9 Å². The van der Waals surface area contributed by atoms with Crippen LogP contribution in [0.5, 0.6) is 6.01 Å². The van der Waals surface area contributed by atoms with Crippen molar-refractivity contribution in [1.29, 1.82) is 0 Å². The summed E-state index contributed by atoms with van der Waals surface area (Å²) in [5.74, 6) is 1.17. The fourth-order valence-electron chi connectivity index (χ4n) is 3.83. The van der Waals surface area contributed by atoms with Crippen molar-refractivity contribution < 1.29 is 9.13 Å². The molecule has 8 nitrogen and oxygen atoms in total. The van der Waals surface area contributed by atoms with Gasteiger partial charge in [-0.1, -0.05) is 0 Å². The summed E-state index contributed by atoms with van der Waals surface area (Å²) in [6, 6.07) is 10.3. The van der Waals surface area contributed by atoms with E-state index < -0.39 is 0 Å². The molecule has 1 aliphatic heterocycles. The monoisotopic (exact) mass is 417 g/mol. The van der Waals surface area contributed by atoms with Gasteiger partial charge in [0.1, 0.15) is 18.2 Å². The number of ether oxygens (including phenoxy) is 1. The number of rotatable bonds is 6. The number of nitrogens with zero attached hydrogens (tertiary/aromatic N) is 6. The lowest BCUT2D eigenvalue weighted by atomic mass is 10.1. The van der Waals surface area contributed by atoms with Gasteiger partial charge in [0.2, 0.25) is 5.95 Å². The Morgan fingerprint density at radius 3 is 2.65 bits per heavy atom. The molecule has 0 radical (unpaired) electrons. The number of halogens is 1. The lowest BCUT2D eigenvalue weighted by molar-refractivity contribution is 0.237. The zero-order chi connectivity index (χ0) is 21.2. The van der Waals surface area contributed by atoms with Crippen LogP contribution in [0.25, 0.3) is 22.6 Å². The first kappa shape index (κ1) is 19.1. The summed E-state index contributed by atoms with van der Waals surface area (Å²) >= 11 is 0. The molecule has 1 aromatic carbocycles. The van der Waals surface area contributed by atoms with Crippen LogP contribution < -0.4 is 10.1 Å². The van der Waals surface area contributed by atoms with Gasteiger partial charge in [-0.2, -0.15) is 0 Å². The third-order valence-corrected chi connectivity index (χ3v) is 5.24. The third-order valence-electron chi connectivity index (χ3n) is 5.24. The molecule has 1 aliphatic rings. The number of hydrogen-bond acceptors (Lipinski definition) is 7. The Hall–Kier alpha value is -3.88. The number of benzene rings is 1. The van der Waals surface area contributed by atoms with Crippen LogP contribution in [0.3, 0.4) is 0 Å². The largest absolute Gasteiger partial charge is 0.461 e. The van der Waals surface area contributed by atoms with E-state index in [0.29, 0.717) is 18.6 Å². The Morgan fingerprint density at radius 2 is 1.87 bits per heavy atom. The molecule has 0 bridgehead atoms. The predicted octanol–water partition coefficient (Wildman–Crippen LogP) is 3.54. The minimum absolute atomic E-state index is 0.0449. The van der Waals surface area contributed by atoms with E-state index in [2.05, 4.69) is 29.8 Å². The summed E-state index contributed by atoms with van der Waals surface area (Å²) in [5, 5.41) is 2.98. The molecule has 5 rings (SSSR count). The van der Waals surface area contributed by atoms with E-state index >= 15 is 0 Å². The highest BCUT2D eigenvalue weighted by Crippen LogP contribution is 2.39. The highest BCUT2D eigenvalue weighted by atomic mass is 19.1. The van der Waals surface area contributed by atoms with Gasteiger partial charge in [-0.15, -0.1) is 0 Å². The summed E-state index contributed by atoms with van der Waals surface area (Å²) in [7, 11) is 1.78. The van der Waals surface area contributed by atoms with Crippen LogP contribution in [-0.4, -0.2) is 43.1 Å². The van der Waals surface area contributed by atoms with Gasteiger partial charge in [0.05, 0.1) is 23.1 Å².